The van der Waals surface area contributed by atoms with Crippen molar-refractivity contribution in [1.82, 2.24) is 29.4 Å². The highest BCUT2D eigenvalue weighted by Gasteiger charge is 2.23. The van der Waals surface area contributed by atoms with Crippen molar-refractivity contribution in [3.8, 4) is 45.8 Å². The lowest BCUT2D eigenvalue weighted by Crippen LogP contribution is -2.28. The van der Waals surface area contributed by atoms with Gasteiger partial charge in [-0.2, -0.15) is 0 Å². The van der Waals surface area contributed by atoms with Crippen LogP contribution in [0.15, 0.2) is 80.0 Å². The third-order valence-corrected chi connectivity index (χ3v) is 12.6. The summed E-state index contributed by atoms with van der Waals surface area (Å²) < 4.78 is 81.6. The van der Waals surface area contributed by atoms with Crippen LogP contribution < -0.4 is 50.1 Å². The van der Waals surface area contributed by atoms with Gasteiger partial charge in [-0.25, -0.2) is 36.2 Å². The van der Waals surface area contributed by atoms with Crippen molar-refractivity contribution in [2.75, 3.05) is 64.2 Å². The van der Waals surface area contributed by atoms with Gasteiger partial charge in [0.15, 0.2) is 0 Å². The molecule has 22 heteroatoms. The van der Waals surface area contributed by atoms with Gasteiger partial charge < -0.3 is 50.4 Å². The van der Waals surface area contributed by atoms with E-state index in [4.69, 9.17) is 29.8 Å². The lowest BCUT2D eigenvalue weighted by atomic mass is 10.1. The second-order valence-corrected chi connectivity index (χ2v) is 17.9. The van der Waals surface area contributed by atoms with Gasteiger partial charge >= 0.3 is 0 Å². The second-order valence-electron chi connectivity index (χ2n) is 14.4. The van der Waals surface area contributed by atoms with E-state index in [1.54, 1.807) is 52.2 Å². The van der Waals surface area contributed by atoms with Gasteiger partial charge in [-0.3, -0.25) is 9.59 Å². The van der Waals surface area contributed by atoms with E-state index in [0.29, 0.717) is 48.7 Å². The minimum atomic E-state index is -4.07. The molecule has 0 aliphatic carbocycles. The molecule has 0 saturated heterocycles. The molecule has 0 unspecified atom stereocenters. The molecule has 0 saturated carbocycles. The van der Waals surface area contributed by atoms with Gasteiger partial charge in [0, 0.05) is 27.2 Å². The molecule has 0 aliphatic rings. The first-order valence-corrected chi connectivity index (χ1v) is 24.3. The number of aromatic amines is 2. The van der Waals surface area contributed by atoms with Gasteiger partial charge in [0.2, 0.25) is 20.0 Å². The minimum absolute atomic E-state index is 0.0290. The van der Waals surface area contributed by atoms with Crippen LogP contribution in [0.3, 0.4) is 0 Å². The number of benzene rings is 3. The van der Waals surface area contributed by atoms with Crippen molar-refractivity contribution in [1.29, 1.82) is 10.8 Å². The Labute approximate surface area is 383 Å². The Kier molecular flexibility index (Phi) is 17.6. The van der Waals surface area contributed by atoms with Crippen molar-refractivity contribution in [3.63, 3.8) is 0 Å². The van der Waals surface area contributed by atoms with E-state index < -0.39 is 31.2 Å². The van der Waals surface area contributed by atoms with Crippen LogP contribution in [0.25, 0.3) is 22.8 Å². The molecule has 0 aliphatic heterocycles. The molecule has 66 heavy (non-hydrogen) atoms. The lowest BCUT2D eigenvalue weighted by molar-refractivity contribution is 0.314. The fraction of sp³-hybridized carbons (Fsp3) is 0.364. The SMILES string of the molecule is CCCC(=N)c1nc(-c2cc(S(=O)(=O)NCCOc3ccc(OCCNS(=O)(=O)c4ccc(OCC)c(-c5nc(C(=N)CCC)c(NC)c(=O)[nH]5)c4)cc3)ccc2OCC)[nH]c(=O)c1NC. The van der Waals surface area contributed by atoms with E-state index in [1.165, 1.54) is 36.4 Å². The summed E-state index contributed by atoms with van der Waals surface area (Å²) in [5.74, 6) is 1.55. The molecule has 0 radical (unpaired) electrons. The lowest BCUT2D eigenvalue weighted by Gasteiger charge is -2.15. The average molecular weight is 949 g/mol. The zero-order valence-electron chi connectivity index (χ0n) is 37.6. The van der Waals surface area contributed by atoms with Crippen LogP contribution in [0.4, 0.5) is 11.4 Å². The summed E-state index contributed by atoms with van der Waals surface area (Å²) >= 11 is 0. The van der Waals surface area contributed by atoms with E-state index in [1.807, 2.05) is 13.8 Å². The Morgan fingerprint density at radius 2 is 0.970 bits per heavy atom. The molecular formula is C44H56N10O10S2. The maximum Gasteiger partial charge on any atom is 0.275 e. The standard InChI is InChI=1S/C44H56N10O10S2/c1-7-11-33(45)37-39(47-5)43(55)53-41(51-37)31-25-29(17-19-35(31)61-9-3)65(57,58)49-21-23-63-27-13-15-28(16-14-27)64-24-22-50-66(59,60)30-18-20-36(62-10-4)32(26-30)42-52-38(34(46)12-8-2)40(48-6)44(56)54-42/h13-20,25-26,45-50H,7-12,21-24H2,1-6H3,(H,51,53,55)(H,52,54,56). The van der Waals surface area contributed by atoms with Gasteiger partial charge in [-0.15, -0.1) is 0 Å². The topological polar surface area (TPSA) is 293 Å². The summed E-state index contributed by atoms with van der Waals surface area (Å²) in [6, 6.07) is 14.9. The van der Waals surface area contributed by atoms with E-state index in [-0.39, 0.29) is 106 Å². The first kappa shape index (κ1) is 50.4. The highest BCUT2D eigenvalue weighted by atomic mass is 32.2. The monoisotopic (exact) mass is 948 g/mol. The van der Waals surface area contributed by atoms with E-state index in [9.17, 15) is 26.4 Å². The number of hydrogen-bond donors (Lipinski definition) is 8. The number of rotatable bonds is 26. The number of nitrogens with one attached hydrogen (secondary N) is 8. The Morgan fingerprint density at radius 1 is 0.591 bits per heavy atom. The van der Waals surface area contributed by atoms with Crippen molar-refractivity contribution in [3.05, 3.63) is 92.8 Å². The first-order chi connectivity index (χ1) is 31.6. The molecule has 2 aromatic heterocycles. The van der Waals surface area contributed by atoms with Crippen molar-refractivity contribution in [2.45, 2.75) is 63.2 Å². The van der Waals surface area contributed by atoms with Gasteiger partial charge in [0.05, 0.1) is 45.6 Å². The van der Waals surface area contributed by atoms with Crippen LogP contribution >= 0.6 is 0 Å². The molecule has 2 heterocycles. The maximum atomic E-state index is 13.4. The molecular weight excluding hydrogens is 893 g/mol. The van der Waals surface area contributed by atoms with E-state index >= 15 is 0 Å². The smallest absolute Gasteiger partial charge is 0.275 e. The van der Waals surface area contributed by atoms with Crippen LogP contribution in [-0.2, 0) is 20.0 Å². The van der Waals surface area contributed by atoms with Crippen LogP contribution in [0.1, 0.15) is 64.8 Å². The molecule has 0 spiro atoms. The Bertz CT molecular complexity index is 2670. The quantitative estimate of drug-likeness (QED) is 0.0264. The fourth-order valence-electron chi connectivity index (χ4n) is 6.61. The molecule has 354 valence electrons. The van der Waals surface area contributed by atoms with Crippen LogP contribution in [0, 0.1) is 10.8 Å². The predicted octanol–water partition coefficient (Wildman–Crippen LogP) is 5.12. The molecule has 0 atom stereocenters. The largest absolute Gasteiger partial charge is 0.493 e. The summed E-state index contributed by atoms with van der Waals surface area (Å²) in [4.78, 5) is 40.2. The van der Waals surface area contributed by atoms with Gasteiger partial charge in [-0.05, 0) is 87.4 Å². The number of nitrogens with zero attached hydrogens (tertiary/aromatic N) is 2. The summed E-state index contributed by atoms with van der Waals surface area (Å²) in [5, 5.41) is 22.5. The van der Waals surface area contributed by atoms with Crippen molar-refractivity contribution < 1.29 is 35.8 Å². The Hall–Kier alpha value is -6.62. The van der Waals surface area contributed by atoms with E-state index in [2.05, 4.69) is 40.0 Å². The van der Waals surface area contributed by atoms with Gasteiger partial charge in [0.25, 0.3) is 11.1 Å². The number of hydrogen-bond acceptors (Lipinski definition) is 16. The molecule has 5 rings (SSSR count). The maximum absolute atomic E-state index is 13.4. The van der Waals surface area contributed by atoms with Crippen LogP contribution in [0.2, 0.25) is 0 Å². The number of ether oxygens (including phenoxy) is 4. The molecule has 8 N–H and O–H groups in total. The average Bonchev–Trinajstić information content (AvgIpc) is 3.29. The van der Waals surface area contributed by atoms with Crippen molar-refractivity contribution in [2.24, 2.45) is 0 Å². The molecule has 3 aromatic carbocycles. The summed E-state index contributed by atoms with van der Waals surface area (Å²) in [6.07, 6.45) is 2.10. The first-order valence-electron chi connectivity index (χ1n) is 21.3. The molecule has 0 fully saturated rings. The third-order valence-electron chi connectivity index (χ3n) is 9.69. The number of anilines is 2. The predicted molar refractivity (Wildman–Crippen MR) is 253 cm³/mol. The minimum Gasteiger partial charge on any atom is -0.493 e. The van der Waals surface area contributed by atoms with Crippen LogP contribution in [0.5, 0.6) is 23.0 Å². The normalized spacial score (nSPS) is 11.5. The van der Waals surface area contributed by atoms with Crippen LogP contribution in [-0.4, -0.2) is 102 Å². The number of aromatic nitrogens is 4. The summed E-state index contributed by atoms with van der Waals surface area (Å²) in [6.45, 7) is 7.64. The zero-order valence-corrected chi connectivity index (χ0v) is 39.3. The highest BCUT2D eigenvalue weighted by molar-refractivity contribution is 7.89. The van der Waals surface area contributed by atoms with Crippen molar-refractivity contribution >= 4 is 42.8 Å². The fourth-order valence-corrected chi connectivity index (χ4v) is 8.69. The molecule has 20 nitrogen and oxygen atoms in total. The molecule has 5 aromatic rings. The highest BCUT2D eigenvalue weighted by Crippen LogP contribution is 2.33. The number of sulfonamides is 2. The second kappa shape index (κ2) is 23.0. The number of H-pyrrole nitrogens is 2. The zero-order chi connectivity index (χ0) is 48.0. The Balaban J connectivity index is 1.17. The molecule has 0 bridgehead atoms. The Morgan fingerprint density at radius 3 is 1.30 bits per heavy atom. The molecule has 0 amide bonds. The van der Waals surface area contributed by atoms with Gasteiger partial charge in [-0.1, -0.05) is 26.7 Å². The summed E-state index contributed by atoms with van der Waals surface area (Å²) in [7, 11) is -5.03. The van der Waals surface area contributed by atoms with Gasteiger partial charge in [0.1, 0.15) is 70.6 Å². The third kappa shape index (κ3) is 12.4. The summed E-state index contributed by atoms with van der Waals surface area (Å²) in [5.41, 5.74) is 0.328. The van der Waals surface area contributed by atoms with E-state index in [0.717, 1.165) is 0 Å².